The Morgan fingerprint density at radius 3 is 2.55 bits per heavy atom. The Kier molecular flexibility index (Phi) is 7.73. The van der Waals surface area contributed by atoms with Gasteiger partial charge < -0.3 is 15.4 Å². The summed E-state index contributed by atoms with van der Waals surface area (Å²) in [5, 5.41) is 6.22. The molecule has 1 atom stereocenters. The van der Waals surface area contributed by atoms with E-state index in [1.54, 1.807) is 0 Å². The number of nitrogens with one attached hydrogen (secondary N) is 2. The largest absolute Gasteiger partial charge is 0.484 e. The highest BCUT2D eigenvalue weighted by atomic mass is 16.5. The van der Waals surface area contributed by atoms with E-state index in [2.05, 4.69) is 17.6 Å². The van der Waals surface area contributed by atoms with E-state index >= 15 is 0 Å². The molecule has 1 amide bonds. The molecule has 4 heteroatoms. The molecule has 1 aromatic carbocycles. The fourth-order valence-corrected chi connectivity index (χ4v) is 1.68. The number of carbonyl (C=O) groups excluding carboxylic acids is 1. The number of ether oxygens (including phenoxy) is 1. The Morgan fingerprint density at radius 1 is 1.25 bits per heavy atom. The smallest absolute Gasteiger partial charge is 0.258 e. The average molecular weight is 278 g/mol. The van der Waals surface area contributed by atoms with Crippen LogP contribution in [0.4, 0.5) is 0 Å². The summed E-state index contributed by atoms with van der Waals surface area (Å²) >= 11 is 0. The van der Waals surface area contributed by atoms with Crippen molar-refractivity contribution in [3.63, 3.8) is 0 Å². The molecule has 1 aromatic rings. The number of benzene rings is 1. The second-order valence-corrected chi connectivity index (χ2v) is 4.99. The van der Waals surface area contributed by atoms with Gasteiger partial charge >= 0.3 is 0 Å². The standard InChI is InChI=1S/C16H26N2O2/c1-4-10-17-11-14-6-8-15(9-7-14)20-12-16(19)18-13(3)5-2/h6-9,13,17H,4-5,10-12H2,1-3H3,(H,18,19). The van der Waals surface area contributed by atoms with Crippen LogP contribution < -0.4 is 15.4 Å². The lowest BCUT2D eigenvalue weighted by Crippen LogP contribution is -2.35. The summed E-state index contributed by atoms with van der Waals surface area (Å²) in [4.78, 5) is 11.6. The molecule has 0 aromatic heterocycles. The quantitative estimate of drug-likeness (QED) is 0.682. The predicted molar refractivity (Wildman–Crippen MR) is 81.8 cm³/mol. The van der Waals surface area contributed by atoms with Gasteiger partial charge in [0.05, 0.1) is 0 Å². The molecule has 0 spiro atoms. The topological polar surface area (TPSA) is 50.4 Å². The van der Waals surface area contributed by atoms with Crippen molar-refractivity contribution in [3.8, 4) is 5.75 Å². The molecular formula is C16H26N2O2. The fourth-order valence-electron chi connectivity index (χ4n) is 1.68. The third kappa shape index (κ3) is 6.57. The first-order valence-corrected chi connectivity index (χ1v) is 7.37. The van der Waals surface area contributed by atoms with E-state index in [1.807, 2.05) is 38.1 Å². The lowest BCUT2D eigenvalue weighted by atomic mass is 10.2. The first kappa shape index (κ1) is 16.5. The van der Waals surface area contributed by atoms with Crippen LogP contribution in [-0.2, 0) is 11.3 Å². The number of rotatable bonds is 9. The number of amides is 1. The molecule has 0 heterocycles. The molecular weight excluding hydrogens is 252 g/mol. The molecule has 0 aliphatic heterocycles. The van der Waals surface area contributed by atoms with Crippen molar-refractivity contribution in [2.45, 2.75) is 46.2 Å². The van der Waals surface area contributed by atoms with Gasteiger partial charge in [0, 0.05) is 12.6 Å². The summed E-state index contributed by atoms with van der Waals surface area (Å²) in [6.45, 7) is 8.12. The summed E-state index contributed by atoms with van der Waals surface area (Å²) in [5.41, 5.74) is 1.22. The molecule has 4 nitrogen and oxygen atoms in total. The lowest BCUT2D eigenvalue weighted by molar-refractivity contribution is -0.123. The van der Waals surface area contributed by atoms with Crippen molar-refractivity contribution in [1.29, 1.82) is 0 Å². The second kappa shape index (κ2) is 9.37. The summed E-state index contributed by atoms with van der Waals surface area (Å²) in [6.07, 6.45) is 2.05. The Hall–Kier alpha value is -1.55. The van der Waals surface area contributed by atoms with Crippen molar-refractivity contribution >= 4 is 5.91 Å². The van der Waals surface area contributed by atoms with E-state index in [0.29, 0.717) is 0 Å². The third-order valence-electron chi connectivity index (χ3n) is 3.07. The maximum absolute atomic E-state index is 11.6. The maximum Gasteiger partial charge on any atom is 0.258 e. The van der Waals surface area contributed by atoms with Crippen LogP contribution in [0.1, 0.15) is 39.2 Å². The van der Waals surface area contributed by atoms with Gasteiger partial charge in [-0.3, -0.25) is 4.79 Å². The molecule has 0 bridgehead atoms. The molecule has 0 aliphatic rings. The normalized spacial score (nSPS) is 11.9. The molecule has 112 valence electrons. The zero-order valence-electron chi connectivity index (χ0n) is 12.7. The van der Waals surface area contributed by atoms with Crippen LogP contribution in [0, 0.1) is 0 Å². The Bertz CT molecular complexity index is 390. The van der Waals surface area contributed by atoms with Crippen LogP contribution in [0.15, 0.2) is 24.3 Å². The lowest BCUT2D eigenvalue weighted by Gasteiger charge is -2.12. The zero-order chi connectivity index (χ0) is 14.8. The van der Waals surface area contributed by atoms with Gasteiger partial charge in [0.25, 0.3) is 5.91 Å². The first-order valence-electron chi connectivity index (χ1n) is 7.37. The van der Waals surface area contributed by atoms with Crippen LogP contribution >= 0.6 is 0 Å². The highest BCUT2D eigenvalue weighted by molar-refractivity contribution is 5.77. The number of carbonyl (C=O) groups is 1. The summed E-state index contributed by atoms with van der Waals surface area (Å²) in [5.74, 6) is 0.650. The third-order valence-corrected chi connectivity index (χ3v) is 3.07. The molecule has 0 radical (unpaired) electrons. The van der Waals surface area contributed by atoms with Crippen LogP contribution in [0.25, 0.3) is 0 Å². The Balaban J connectivity index is 2.32. The van der Waals surface area contributed by atoms with Crippen LogP contribution in [0.2, 0.25) is 0 Å². The summed E-state index contributed by atoms with van der Waals surface area (Å²) in [7, 11) is 0. The van der Waals surface area contributed by atoms with E-state index in [0.717, 1.165) is 31.7 Å². The van der Waals surface area contributed by atoms with E-state index in [-0.39, 0.29) is 18.6 Å². The van der Waals surface area contributed by atoms with Crippen LogP contribution in [0.5, 0.6) is 5.75 Å². The van der Waals surface area contributed by atoms with Gasteiger partial charge in [-0.25, -0.2) is 0 Å². The Morgan fingerprint density at radius 2 is 1.95 bits per heavy atom. The number of hydrogen-bond donors (Lipinski definition) is 2. The highest BCUT2D eigenvalue weighted by Gasteiger charge is 2.06. The minimum atomic E-state index is -0.0759. The number of hydrogen-bond acceptors (Lipinski definition) is 3. The molecule has 0 saturated heterocycles. The highest BCUT2D eigenvalue weighted by Crippen LogP contribution is 2.12. The van der Waals surface area contributed by atoms with Crippen molar-refractivity contribution in [1.82, 2.24) is 10.6 Å². The summed E-state index contributed by atoms with van der Waals surface area (Å²) in [6, 6.07) is 8.03. The molecule has 0 aliphatic carbocycles. The predicted octanol–water partition coefficient (Wildman–Crippen LogP) is 2.48. The minimum Gasteiger partial charge on any atom is -0.484 e. The second-order valence-electron chi connectivity index (χ2n) is 4.99. The molecule has 2 N–H and O–H groups in total. The Labute approximate surface area is 121 Å². The molecule has 0 saturated carbocycles. The van der Waals surface area contributed by atoms with E-state index < -0.39 is 0 Å². The molecule has 20 heavy (non-hydrogen) atoms. The van der Waals surface area contributed by atoms with Crippen molar-refractivity contribution in [3.05, 3.63) is 29.8 Å². The fraction of sp³-hybridized carbons (Fsp3) is 0.562. The van der Waals surface area contributed by atoms with Gasteiger partial charge in [0.15, 0.2) is 6.61 Å². The van der Waals surface area contributed by atoms with Gasteiger partial charge in [-0.1, -0.05) is 26.0 Å². The van der Waals surface area contributed by atoms with Crippen molar-refractivity contribution in [2.75, 3.05) is 13.2 Å². The van der Waals surface area contributed by atoms with Crippen LogP contribution in [-0.4, -0.2) is 25.1 Å². The maximum atomic E-state index is 11.6. The SMILES string of the molecule is CCCNCc1ccc(OCC(=O)NC(C)CC)cc1. The van der Waals surface area contributed by atoms with Crippen LogP contribution in [0.3, 0.4) is 0 Å². The zero-order valence-corrected chi connectivity index (χ0v) is 12.7. The monoisotopic (exact) mass is 278 g/mol. The van der Waals surface area contributed by atoms with Gasteiger partial charge in [-0.15, -0.1) is 0 Å². The summed E-state index contributed by atoms with van der Waals surface area (Å²) < 4.78 is 5.46. The van der Waals surface area contributed by atoms with Gasteiger partial charge in [0.1, 0.15) is 5.75 Å². The molecule has 1 unspecified atom stereocenters. The molecule has 1 rings (SSSR count). The van der Waals surface area contributed by atoms with Gasteiger partial charge in [-0.2, -0.15) is 0 Å². The first-order chi connectivity index (χ1) is 9.65. The molecule has 0 fully saturated rings. The average Bonchev–Trinajstić information content (AvgIpc) is 2.46. The van der Waals surface area contributed by atoms with E-state index in [4.69, 9.17) is 4.74 Å². The van der Waals surface area contributed by atoms with E-state index in [1.165, 1.54) is 5.56 Å². The minimum absolute atomic E-state index is 0.0672. The van der Waals surface area contributed by atoms with E-state index in [9.17, 15) is 4.79 Å². The van der Waals surface area contributed by atoms with Gasteiger partial charge in [-0.05, 0) is 44.0 Å². The van der Waals surface area contributed by atoms with Crippen molar-refractivity contribution < 1.29 is 9.53 Å². The van der Waals surface area contributed by atoms with Gasteiger partial charge in [0.2, 0.25) is 0 Å². The van der Waals surface area contributed by atoms with Crippen molar-refractivity contribution in [2.24, 2.45) is 0 Å².